The van der Waals surface area contributed by atoms with Crippen molar-refractivity contribution < 1.29 is 13.2 Å². The third kappa shape index (κ3) is 4.06. The maximum atomic E-state index is 12.2. The van der Waals surface area contributed by atoms with Gasteiger partial charge in [-0.1, -0.05) is 38.4 Å². The number of imidazole rings is 1. The molecule has 4 rings (SSSR count). The number of aromatic nitrogens is 2. The number of sulfone groups is 1. The quantitative estimate of drug-likeness (QED) is 0.377. The van der Waals surface area contributed by atoms with E-state index in [0.717, 1.165) is 17.0 Å². The van der Waals surface area contributed by atoms with Crippen LogP contribution in [0.4, 0.5) is 5.69 Å². The van der Waals surface area contributed by atoms with E-state index in [1.165, 1.54) is 6.07 Å². The lowest BCUT2D eigenvalue weighted by molar-refractivity contribution is 0.481. The lowest BCUT2D eigenvalue weighted by Gasteiger charge is -2.13. The number of anilines is 1. The van der Waals surface area contributed by atoms with E-state index in [4.69, 9.17) is 27.1 Å². The van der Waals surface area contributed by atoms with E-state index in [2.05, 4.69) is 13.8 Å². The van der Waals surface area contributed by atoms with E-state index >= 15 is 0 Å². The number of pyridine rings is 1. The summed E-state index contributed by atoms with van der Waals surface area (Å²) in [7, 11) is -3.33. The Balaban J connectivity index is 1.81. The summed E-state index contributed by atoms with van der Waals surface area (Å²) in [6.45, 7) is 5.74. The zero-order valence-corrected chi connectivity index (χ0v) is 19.6. The molecule has 2 aromatic carbocycles. The van der Waals surface area contributed by atoms with Gasteiger partial charge < -0.3 is 10.5 Å². The Bertz CT molecular complexity index is 1410. The lowest BCUT2D eigenvalue weighted by atomic mass is 10.0. The van der Waals surface area contributed by atoms with Gasteiger partial charge in [-0.3, -0.25) is 4.40 Å². The number of rotatable bonds is 6. The smallest absolute Gasteiger partial charge is 0.178 e. The molecule has 0 unspecified atom stereocenters. The van der Waals surface area contributed by atoms with Gasteiger partial charge in [0, 0.05) is 11.8 Å². The van der Waals surface area contributed by atoms with Crippen LogP contribution in [0.5, 0.6) is 11.5 Å². The second-order valence-electron chi connectivity index (χ2n) is 7.78. The summed E-state index contributed by atoms with van der Waals surface area (Å²) in [6.07, 6.45) is 1.91. The summed E-state index contributed by atoms with van der Waals surface area (Å²) in [4.78, 5) is 4.99. The van der Waals surface area contributed by atoms with E-state index in [0.29, 0.717) is 27.9 Å². The first kappa shape index (κ1) is 22.2. The Morgan fingerprint density at radius 3 is 2.56 bits per heavy atom. The minimum atomic E-state index is -3.33. The molecule has 6 nitrogen and oxygen atoms in total. The molecule has 0 saturated carbocycles. The van der Waals surface area contributed by atoms with E-state index in [1.807, 2.05) is 28.8 Å². The number of halogens is 1. The number of nitrogens with two attached hydrogens (primary N) is 1. The van der Waals surface area contributed by atoms with Gasteiger partial charge in [-0.25, -0.2) is 13.4 Å². The first-order valence-electron chi connectivity index (χ1n) is 10.3. The number of nitrogen functional groups attached to an aromatic ring is 1. The third-order valence-electron chi connectivity index (χ3n) is 5.23. The van der Waals surface area contributed by atoms with Crippen molar-refractivity contribution in [3.63, 3.8) is 0 Å². The first-order valence-corrected chi connectivity index (χ1v) is 12.3. The number of fused-ring (bicyclic) bond motifs is 1. The molecule has 166 valence electrons. The van der Waals surface area contributed by atoms with Crippen LogP contribution in [0.3, 0.4) is 0 Å². The number of hydrogen-bond donors (Lipinski definition) is 1. The molecule has 0 fully saturated rings. The SMILES string of the molecule is CCS(=O)(=O)c1cccc(Oc2ccc(Cl)c(-c3c(C(C)C)nc4c(N)cccn34)c2)c1. The van der Waals surface area contributed by atoms with Gasteiger partial charge in [0.05, 0.1) is 32.7 Å². The number of nitrogens with zero attached hydrogens (tertiary/aromatic N) is 2. The van der Waals surface area contributed by atoms with Crippen molar-refractivity contribution in [2.75, 3.05) is 11.5 Å². The van der Waals surface area contributed by atoms with Crippen LogP contribution in [0, 0.1) is 0 Å². The van der Waals surface area contributed by atoms with Crippen LogP contribution < -0.4 is 10.5 Å². The molecule has 8 heteroatoms. The lowest BCUT2D eigenvalue weighted by Crippen LogP contribution is -2.03. The molecule has 0 atom stereocenters. The van der Waals surface area contributed by atoms with Crippen LogP contribution in [-0.2, 0) is 9.84 Å². The highest BCUT2D eigenvalue weighted by molar-refractivity contribution is 7.91. The normalized spacial score (nSPS) is 11.9. The first-order chi connectivity index (χ1) is 15.2. The van der Waals surface area contributed by atoms with Gasteiger partial charge in [-0.05, 0) is 54.4 Å². The van der Waals surface area contributed by atoms with Gasteiger partial charge in [-0.2, -0.15) is 0 Å². The number of hydrogen-bond acceptors (Lipinski definition) is 5. The van der Waals surface area contributed by atoms with E-state index in [-0.39, 0.29) is 16.6 Å². The monoisotopic (exact) mass is 469 g/mol. The molecule has 0 amide bonds. The molecule has 2 N–H and O–H groups in total. The largest absolute Gasteiger partial charge is 0.457 e. The highest BCUT2D eigenvalue weighted by Gasteiger charge is 2.21. The van der Waals surface area contributed by atoms with Crippen molar-refractivity contribution in [3.05, 3.63) is 71.5 Å². The molecular weight excluding hydrogens is 446 g/mol. The summed E-state index contributed by atoms with van der Waals surface area (Å²) >= 11 is 6.60. The fourth-order valence-corrected chi connectivity index (χ4v) is 4.68. The Morgan fingerprint density at radius 2 is 1.84 bits per heavy atom. The molecular formula is C24H24ClN3O3S. The molecule has 2 aromatic heterocycles. The Kier molecular flexibility index (Phi) is 5.88. The third-order valence-corrected chi connectivity index (χ3v) is 7.29. The van der Waals surface area contributed by atoms with Gasteiger partial charge in [-0.15, -0.1) is 0 Å². The second kappa shape index (κ2) is 8.48. The van der Waals surface area contributed by atoms with Gasteiger partial charge >= 0.3 is 0 Å². The summed E-state index contributed by atoms with van der Waals surface area (Å²) < 4.78 is 32.4. The molecule has 0 spiro atoms. The predicted octanol–water partition coefficient (Wildman–Crippen LogP) is 5.95. The van der Waals surface area contributed by atoms with Gasteiger partial charge in [0.2, 0.25) is 0 Å². The number of ether oxygens (including phenoxy) is 1. The minimum Gasteiger partial charge on any atom is -0.457 e. The maximum absolute atomic E-state index is 12.2. The Morgan fingerprint density at radius 1 is 1.09 bits per heavy atom. The minimum absolute atomic E-state index is 0.0247. The summed E-state index contributed by atoms with van der Waals surface area (Å²) in [6, 6.07) is 15.5. The predicted molar refractivity (Wildman–Crippen MR) is 128 cm³/mol. The fourth-order valence-electron chi connectivity index (χ4n) is 3.56. The zero-order valence-electron chi connectivity index (χ0n) is 18.0. The summed E-state index contributed by atoms with van der Waals surface area (Å²) in [5.41, 5.74) is 9.88. The standard InChI is InChI=1S/C24H24ClN3O3S/c1-4-32(29,30)18-8-5-7-16(13-18)31-17-10-11-20(25)19(14-17)23-22(15(2)3)27-24-21(26)9-6-12-28(23)24/h5-15H,4,26H2,1-3H3. The molecule has 0 aliphatic carbocycles. The van der Waals surface area contributed by atoms with Gasteiger partial charge in [0.1, 0.15) is 11.5 Å². The van der Waals surface area contributed by atoms with E-state index in [1.54, 1.807) is 37.3 Å². The van der Waals surface area contributed by atoms with Crippen LogP contribution in [0.15, 0.2) is 65.7 Å². The van der Waals surface area contributed by atoms with Crippen LogP contribution in [-0.4, -0.2) is 23.6 Å². The van der Waals surface area contributed by atoms with Gasteiger partial charge in [0.15, 0.2) is 15.5 Å². The maximum Gasteiger partial charge on any atom is 0.178 e. The van der Waals surface area contributed by atoms with Crippen molar-refractivity contribution in [2.45, 2.75) is 31.6 Å². The van der Waals surface area contributed by atoms with Crippen molar-refractivity contribution >= 4 is 32.8 Å². The van der Waals surface area contributed by atoms with Gasteiger partial charge in [0.25, 0.3) is 0 Å². The molecule has 0 aliphatic rings. The van der Waals surface area contributed by atoms with Crippen LogP contribution in [0.1, 0.15) is 32.4 Å². The molecule has 0 aliphatic heterocycles. The molecule has 0 bridgehead atoms. The van der Waals surface area contributed by atoms with Crippen molar-refractivity contribution in [1.82, 2.24) is 9.38 Å². The topological polar surface area (TPSA) is 86.7 Å². The number of benzene rings is 2. The molecule has 32 heavy (non-hydrogen) atoms. The molecule has 0 saturated heterocycles. The fraction of sp³-hybridized carbons (Fsp3) is 0.208. The second-order valence-corrected chi connectivity index (χ2v) is 10.5. The van der Waals surface area contributed by atoms with Crippen molar-refractivity contribution in [3.8, 4) is 22.8 Å². The Hall–Kier alpha value is -3.03. The average molecular weight is 470 g/mol. The Labute approximate surface area is 192 Å². The van der Waals surface area contributed by atoms with Crippen LogP contribution in [0.2, 0.25) is 5.02 Å². The van der Waals surface area contributed by atoms with E-state index < -0.39 is 9.84 Å². The van der Waals surface area contributed by atoms with E-state index in [9.17, 15) is 8.42 Å². The van der Waals surface area contributed by atoms with Crippen molar-refractivity contribution in [2.24, 2.45) is 0 Å². The summed E-state index contributed by atoms with van der Waals surface area (Å²) in [5, 5.41) is 0.547. The molecule has 2 heterocycles. The molecule has 0 radical (unpaired) electrons. The average Bonchev–Trinajstić information content (AvgIpc) is 3.16. The van der Waals surface area contributed by atoms with Crippen LogP contribution in [0.25, 0.3) is 16.9 Å². The van der Waals surface area contributed by atoms with Crippen LogP contribution >= 0.6 is 11.6 Å². The highest BCUT2D eigenvalue weighted by atomic mass is 35.5. The van der Waals surface area contributed by atoms with Crippen molar-refractivity contribution in [1.29, 1.82) is 0 Å². The molecule has 4 aromatic rings. The zero-order chi connectivity index (χ0) is 23.0. The summed E-state index contributed by atoms with van der Waals surface area (Å²) in [5.74, 6) is 1.13. The highest BCUT2D eigenvalue weighted by Crippen LogP contribution is 2.38.